The van der Waals surface area contributed by atoms with Gasteiger partial charge in [0, 0.05) is 20.2 Å². The van der Waals surface area contributed by atoms with Crippen molar-refractivity contribution in [3.8, 4) is 11.1 Å². The molecule has 0 saturated heterocycles. The van der Waals surface area contributed by atoms with Crippen LogP contribution in [0.25, 0.3) is 11.1 Å². The summed E-state index contributed by atoms with van der Waals surface area (Å²) < 4.78 is 9.61. The molecular formula is C16H23N3OS. The molecule has 114 valence electrons. The number of nitrogens with two attached hydrogens (primary N) is 1. The summed E-state index contributed by atoms with van der Waals surface area (Å²) >= 11 is 1.47. The summed E-state index contributed by atoms with van der Waals surface area (Å²) in [6.45, 7) is 6.93. The molecule has 0 aliphatic carbocycles. The Kier molecular flexibility index (Phi) is 5.59. The first-order chi connectivity index (χ1) is 10.1. The van der Waals surface area contributed by atoms with E-state index in [1.165, 1.54) is 11.5 Å². The van der Waals surface area contributed by atoms with Crippen LogP contribution in [0.15, 0.2) is 30.3 Å². The summed E-state index contributed by atoms with van der Waals surface area (Å²) in [5.74, 6) is 1.17. The molecule has 1 aromatic carbocycles. The van der Waals surface area contributed by atoms with Gasteiger partial charge in [0.05, 0.1) is 12.2 Å². The third-order valence-electron chi connectivity index (χ3n) is 3.20. The molecule has 0 spiro atoms. The molecule has 0 aliphatic heterocycles. The summed E-state index contributed by atoms with van der Waals surface area (Å²) in [4.78, 5) is 2.32. The van der Waals surface area contributed by atoms with Crippen LogP contribution >= 0.6 is 11.5 Å². The van der Waals surface area contributed by atoms with Crippen molar-refractivity contribution in [3.05, 3.63) is 30.3 Å². The lowest BCUT2D eigenvalue weighted by molar-refractivity contribution is 0.204. The van der Waals surface area contributed by atoms with Crippen LogP contribution in [-0.2, 0) is 4.74 Å². The van der Waals surface area contributed by atoms with Crippen LogP contribution in [0.4, 0.5) is 10.8 Å². The molecule has 2 rings (SSSR count). The minimum Gasteiger partial charge on any atom is -0.383 e. The summed E-state index contributed by atoms with van der Waals surface area (Å²) in [7, 11) is 1.73. The maximum atomic E-state index is 6.11. The molecule has 0 fully saturated rings. The van der Waals surface area contributed by atoms with Gasteiger partial charge in [0.25, 0.3) is 0 Å². The quantitative estimate of drug-likeness (QED) is 0.850. The Labute approximate surface area is 130 Å². The summed E-state index contributed by atoms with van der Waals surface area (Å²) in [6.07, 6.45) is 0. The topological polar surface area (TPSA) is 51.4 Å². The zero-order valence-electron chi connectivity index (χ0n) is 12.9. The van der Waals surface area contributed by atoms with Gasteiger partial charge in [-0.3, -0.25) is 0 Å². The molecule has 1 heterocycles. The fourth-order valence-corrected chi connectivity index (χ4v) is 3.17. The molecular weight excluding hydrogens is 282 g/mol. The molecule has 0 atom stereocenters. The third kappa shape index (κ3) is 3.95. The smallest absolute Gasteiger partial charge is 0.147 e. The molecule has 0 aliphatic rings. The number of ether oxygens (including phenoxy) is 1. The Morgan fingerprint density at radius 2 is 2.00 bits per heavy atom. The lowest BCUT2D eigenvalue weighted by Crippen LogP contribution is -2.30. The van der Waals surface area contributed by atoms with Gasteiger partial charge in [-0.15, -0.1) is 0 Å². The SMILES string of the molecule is COCCN(CC(C)C)c1snc(N)c1-c1ccccc1. The minimum absolute atomic E-state index is 0.564. The van der Waals surface area contributed by atoms with Gasteiger partial charge in [-0.2, -0.15) is 4.37 Å². The van der Waals surface area contributed by atoms with Crippen molar-refractivity contribution < 1.29 is 4.74 Å². The van der Waals surface area contributed by atoms with Crippen LogP contribution in [0.3, 0.4) is 0 Å². The van der Waals surface area contributed by atoms with Crippen LogP contribution in [0.1, 0.15) is 13.8 Å². The molecule has 0 radical (unpaired) electrons. The minimum atomic E-state index is 0.564. The number of benzene rings is 1. The summed E-state index contributed by atoms with van der Waals surface area (Å²) in [5, 5.41) is 1.13. The summed E-state index contributed by atoms with van der Waals surface area (Å²) in [5.41, 5.74) is 8.27. The Morgan fingerprint density at radius 3 is 2.62 bits per heavy atom. The van der Waals surface area contributed by atoms with Crippen molar-refractivity contribution in [1.29, 1.82) is 0 Å². The van der Waals surface area contributed by atoms with E-state index in [9.17, 15) is 0 Å². The van der Waals surface area contributed by atoms with Crippen LogP contribution in [0, 0.1) is 5.92 Å². The first-order valence-corrected chi connectivity index (χ1v) is 7.95. The Morgan fingerprint density at radius 1 is 1.29 bits per heavy atom. The van der Waals surface area contributed by atoms with E-state index in [1.54, 1.807) is 7.11 Å². The largest absolute Gasteiger partial charge is 0.383 e. The molecule has 21 heavy (non-hydrogen) atoms. The van der Waals surface area contributed by atoms with E-state index in [0.717, 1.165) is 29.2 Å². The number of aromatic nitrogens is 1. The van der Waals surface area contributed by atoms with E-state index in [0.29, 0.717) is 18.3 Å². The average molecular weight is 305 g/mol. The summed E-state index contributed by atoms with van der Waals surface area (Å²) in [6, 6.07) is 10.2. The number of rotatable bonds is 7. The van der Waals surface area contributed by atoms with Gasteiger partial charge in [-0.1, -0.05) is 44.2 Å². The first-order valence-electron chi connectivity index (χ1n) is 7.18. The highest BCUT2D eigenvalue weighted by atomic mass is 32.1. The van der Waals surface area contributed by atoms with Gasteiger partial charge in [0.15, 0.2) is 0 Å². The lowest BCUT2D eigenvalue weighted by Gasteiger charge is -2.25. The molecule has 4 nitrogen and oxygen atoms in total. The Balaban J connectivity index is 2.37. The van der Waals surface area contributed by atoms with Crippen LogP contribution in [-0.4, -0.2) is 31.2 Å². The second-order valence-corrected chi connectivity index (χ2v) is 6.20. The lowest BCUT2D eigenvalue weighted by atomic mass is 10.1. The highest BCUT2D eigenvalue weighted by molar-refractivity contribution is 7.11. The van der Waals surface area contributed by atoms with E-state index in [-0.39, 0.29) is 0 Å². The van der Waals surface area contributed by atoms with E-state index >= 15 is 0 Å². The molecule has 5 heteroatoms. The van der Waals surface area contributed by atoms with Crippen molar-refractivity contribution in [3.63, 3.8) is 0 Å². The zero-order chi connectivity index (χ0) is 15.2. The predicted octanol–water partition coefficient (Wildman–Crippen LogP) is 3.50. The maximum Gasteiger partial charge on any atom is 0.147 e. The van der Waals surface area contributed by atoms with Crippen molar-refractivity contribution in [2.75, 3.05) is 37.4 Å². The van der Waals surface area contributed by atoms with Crippen molar-refractivity contribution in [2.24, 2.45) is 5.92 Å². The highest BCUT2D eigenvalue weighted by Crippen LogP contribution is 2.39. The number of nitrogen functional groups attached to an aromatic ring is 1. The van der Waals surface area contributed by atoms with Gasteiger partial charge in [0.2, 0.25) is 0 Å². The van der Waals surface area contributed by atoms with Crippen LogP contribution in [0.2, 0.25) is 0 Å². The van der Waals surface area contributed by atoms with Gasteiger partial charge in [0.1, 0.15) is 10.8 Å². The Hall–Kier alpha value is -1.59. The van der Waals surface area contributed by atoms with Gasteiger partial charge < -0.3 is 15.4 Å². The molecule has 2 aromatic rings. The van der Waals surface area contributed by atoms with E-state index in [2.05, 4.69) is 35.3 Å². The van der Waals surface area contributed by atoms with Crippen molar-refractivity contribution >= 4 is 22.4 Å². The number of methoxy groups -OCH3 is 1. The molecule has 0 amide bonds. The van der Waals surface area contributed by atoms with Gasteiger partial charge in [-0.05, 0) is 23.0 Å². The van der Waals surface area contributed by atoms with Crippen molar-refractivity contribution in [2.45, 2.75) is 13.8 Å². The monoisotopic (exact) mass is 305 g/mol. The van der Waals surface area contributed by atoms with Crippen LogP contribution in [0.5, 0.6) is 0 Å². The standard InChI is InChI=1S/C16H23N3OS/c1-12(2)11-19(9-10-20-3)16-14(15(17)18-21-16)13-7-5-4-6-8-13/h4-8,12H,9-11H2,1-3H3,(H2,17,18). The van der Waals surface area contributed by atoms with E-state index in [4.69, 9.17) is 10.5 Å². The van der Waals surface area contributed by atoms with Gasteiger partial charge in [-0.25, -0.2) is 0 Å². The molecule has 0 bridgehead atoms. The van der Waals surface area contributed by atoms with E-state index < -0.39 is 0 Å². The number of hydrogen-bond acceptors (Lipinski definition) is 5. The van der Waals surface area contributed by atoms with Gasteiger partial charge >= 0.3 is 0 Å². The highest BCUT2D eigenvalue weighted by Gasteiger charge is 2.19. The predicted molar refractivity (Wildman–Crippen MR) is 90.9 cm³/mol. The molecule has 2 N–H and O–H groups in total. The fourth-order valence-electron chi connectivity index (χ4n) is 2.30. The molecule has 1 aromatic heterocycles. The normalized spacial score (nSPS) is 11.0. The average Bonchev–Trinajstić information content (AvgIpc) is 2.85. The first kappa shape index (κ1) is 15.8. The van der Waals surface area contributed by atoms with Crippen molar-refractivity contribution in [1.82, 2.24) is 4.37 Å². The third-order valence-corrected chi connectivity index (χ3v) is 4.12. The molecule has 0 unspecified atom stereocenters. The molecule has 0 saturated carbocycles. The number of hydrogen-bond donors (Lipinski definition) is 1. The zero-order valence-corrected chi connectivity index (χ0v) is 13.7. The number of nitrogens with zero attached hydrogens (tertiary/aromatic N) is 2. The van der Waals surface area contributed by atoms with Crippen LogP contribution < -0.4 is 10.6 Å². The second-order valence-electron chi connectivity index (χ2n) is 5.45. The maximum absolute atomic E-state index is 6.11. The second kappa shape index (κ2) is 7.43. The Bertz CT molecular complexity index is 554. The number of anilines is 2. The van der Waals surface area contributed by atoms with E-state index in [1.807, 2.05) is 18.2 Å². The fraction of sp³-hybridized carbons (Fsp3) is 0.438.